The van der Waals surface area contributed by atoms with Crippen molar-refractivity contribution in [2.45, 2.75) is 51.1 Å². The fourth-order valence-electron chi connectivity index (χ4n) is 3.86. The first-order chi connectivity index (χ1) is 9.28. The molecule has 1 aromatic rings. The third-order valence-corrected chi connectivity index (χ3v) is 5.21. The van der Waals surface area contributed by atoms with Gasteiger partial charge in [-0.05, 0) is 55.4 Å². The molecule has 1 heterocycles. The molecule has 0 radical (unpaired) electrons. The second-order valence-electron chi connectivity index (χ2n) is 5.97. The number of benzene rings is 1. The van der Waals surface area contributed by atoms with Gasteiger partial charge in [0.1, 0.15) is 0 Å². The normalized spacial score (nSPS) is 27.2. The summed E-state index contributed by atoms with van der Waals surface area (Å²) in [5, 5.41) is 0. The highest BCUT2D eigenvalue weighted by molar-refractivity contribution is 9.10. The highest BCUT2D eigenvalue weighted by atomic mass is 79.9. The lowest BCUT2D eigenvalue weighted by Crippen LogP contribution is -2.46. The number of hydrogen-bond acceptors (Lipinski definition) is 2. The standard InChI is InChI=1S/C16H23BrN2/c17-14-8-12(11-18)9-15(10-14)19-7-3-5-13-4-1-2-6-16(13)19/h8-10,13,16H,1-7,11,18H2/t13-,16-/m1/s1. The van der Waals surface area contributed by atoms with Gasteiger partial charge in [0.25, 0.3) is 0 Å². The molecule has 19 heavy (non-hydrogen) atoms. The molecule has 0 amide bonds. The summed E-state index contributed by atoms with van der Waals surface area (Å²) in [5.74, 6) is 0.919. The van der Waals surface area contributed by atoms with Gasteiger partial charge >= 0.3 is 0 Å². The molecule has 104 valence electrons. The zero-order valence-corrected chi connectivity index (χ0v) is 13.0. The minimum Gasteiger partial charge on any atom is -0.368 e. The summed E-state index contributed by atoms with van der Waals surface area (Å²) in [7, 11) is 0. The summed E-state index contributed by atoms with van der Waals surface area (Å²) in [4.78, 5) is 2.65. The fraction of sp³-hybridized carbons (Fsp3) is 0.625. The molecule has 1 aliphatic carbocycles. The van der Waals surface area contributed by atoms with Crippen molar-refractivity contribution in [1.82, 2.24) is 0 Å². The van der Waals surface area contributed by atoms with Crippen LogP contribution in [0.5, 0.6) is 0 Å². The molecule has 3 heteroatoms. The van der Waals surface area contributed by atoms with Gasteiger partial charge in [0, 0.05) is 29.3 Å². The smallest absolute Gasteiger partial charge is 0.0383 e. The summed E-state index contributed by atoms with van der Waals surface area (Å²) in [6, 6.07) is 7.44. The van der Waals surface area contributed by atoms with E-state index in [-0.39, 0.29) is 0 Å². The molecule has 1 aromatic carbocycles. The number of piperidine rings is 1. The number of nitrogens with zero attached hydrogens (tertiary/aromatic N) is 1. The van der Waals surface area contributed by atoms with E-state index in [1.165, 1.54) is 56.3 Å². The molecule has 0 unspecified atom stereocenters. The lowest BCUT2D eigenvalue weighted by molar-refractivity contribution is 0.244. The Kier molecular flexibility index (Phi) is 4.13. The van der Waals surface area contributed by atoms with Crippen molar-refractivity contribution in [3.63, 3.8) is 0 Å². The van der Waals surface area contributed by atoms with E-state index in [1.54, 1.807) is 0 Å². The van der Waals surface area contributed by atoms with Gasteiger partial charge in [-0.1, -0.05) is 28.8 Å². The second-order valence-corrected chi connectivity index (χ2v) is 6.88. The van der Waals surface area contributed by atoms with Crippen LogP contribution in [0.15, 0.2) is 22.7 Å². The summed E-state index contributed by atoms with van der Waals surface area (Å²) in [5.41, 5.74) is 8.40. The lowest BCUT2D eigenvalue weighted by Gasteiger charge is -2.45. The van der Waals surface area contributed by atoms with Gasteiger partial charge in [-0.25, -0.2) is 0 Å². The van der Waals surface area contributed by atoms with Crippen LogP contribution in [-0.4, -0.2) is 12.6 Å². The van der Waals surface area contributed by atoms with Crippen LogP contribution in [0, 0.1) is 5.92 Å². The Hall–Kier alpha value is -0.540. The Morgan fingerprint density at radius 1 is 1.11 bits per heavy atom. The number of hydrogen-bond donors (Lipinski definition) is 1. The zero-order valence-electron chi connectivity index (χ0n) is 11.4. The Morgan fingerprint density at radius 3 is 2.74 bits per heavy atom. The average molecular weight is 323 g/mol. The maximum absolute atomic E-state index is 5.81. The lowest BCUT2D eigenvalue weighted by atomic mass is 9.78. The highest BCUT2D eigenvalue weighted by Gasteiger charge is 2.33. The molecule has 2 aliphatic rings. The summed E-state index contributed by atoms with van der Waals surface area (Å²) in [6.07, 6.45) is 8.40. The number of nitrogens with two attached hydrogens (primary N) is 1. The molecule has 0 spiro atoms. The van der Waals surface area contributed by atoms with Gasteiger partial charge in [0.2, 0.25) is 0 Å². The van der Waals surface area contributed by atoms with E-state index in [2.05, 4.69) is 39.0 Å². The van der Waals surface area contributed by atoms with Crippen molar-refractivity contribution in [3.8, 4) is 0 Å². The summed E-state index contributed by atoms with van der Waals surface area (Å²) >= 11 is 3.63. The number of halogens is 1. The first kappa shape index (κ1) is 13.4. The van der Waals surface area contributed by atoms with E-state index in [0.717, 1.165) is 16.4 Å². The molecule has 0 aromatic heterocycles. The minimum atomic E-state index is 0.619. The van der Waals surface area contributed by atoms with Crippen molar-refractivity contribution in [2.75, 3.05) is 11.4 Å². The van der Waals surface area contributed by atoms with E-state index in [4.69, 9.17) is 5.73 Å². The van der Waals surface area contributed by atoms with Crippen LogP contribution in [0.25, 0.3) is 0 Å². The van der Waals surface area contributed by atoms with Crippen molar-refractivity contribution in [1.29, 1.82) is 0 Å². The molecule has 0 bridgehead atoms. The quantitative estimate of drug-likeness (QED) is 0.889. The van der Waals surface area contributed by atoms with Crippen molar-refractivity contribution >= 4 is 21.6 Å². The predicted octanol–water partition coefficient (Wildman–Crippen LogP) is 4.07. The van der Waals surface area contributed by atoms with Gasteiger partial charge in [-0.15, -0.1) is 0 Å². The summed E-state index contributed by atoms with van der Waals surface area (Å²) in [6.45, 7) is 1.83. The minimum absolute atomic E-state index is 0.619. The molecule has 2 atom stereocenters. The van der Waals surface area contributed by atoms with Crippen LogP contribution in [-0.2, 0) is 6.54 Å². The van der Waals surface area contributed by atoms with E-state index in [1.807, 2.05) is 0 Å². The average Bonchev–Trinajstić information content (AvgIpc) is 2.46. The topological polar surface area (TPSA) is 29.3 Å². The molecule has 1 saturated heterocycles. The van der Waals surface area contributed by atoms with Crippen molar-refractivity contribution in [2.24, 2.45) is 11.7 Å². The Labute approximate surface area is 124 Å². The third-order valence-electron chi connectivity index (χ3n) is 4.75. The third kappa shape index (κ3) is 2.82. The number of fused-ring (bicyclic) bond motifs is 1. The molecular weight excluding hydrogens is 300 g/mol. The van der Waals surface area contributed by atoms with Crippen molar-refractivity contribution < 1.29 is 0 Å². The van der Waals surface area contributed by atoms with Gasteiger partial charge < -0.3 is 10.6 Å². The van der Waals surface area contributed by atoms with E-state index < -0.39 is 0 Å². The summed E-state index contributed by atoms with van der Waals surface area (Å²) < 4.78 is 1.16. The van der Waals surface area contributed by atoms with Crippen LogP contribution in [0.2, 0.25) is 0 Å². The second kappa shape index (κ2) is 5.84. The van der Waals surface area contributed by atoms with Crippen LogP contribution in [0.3, 0.4) is 0 Å². The highest BCUT2D eigenvalue weighted by Crippen LogP contribution is 2.38. The van der Waals surface area contributed by atoms with Crippen LogP contribution < -0.4 is 10.6 Å². The van der Waals surface area contributed by atoms with E-state index in [9.17, 15) is 0 Å². The first-order valence-corrected chi connectivity index (χ1v) is 8.33. The molecule has 2 fully saturated rings. The Balaban J connectivity index is 1.89. The molecule has 1 saturated carbocycles. The van der Waals surface area contributed by atoms with Crippen molar-refractivity contribution in [3.05, 3.63) is 28.2 Å². The fourth-order valence-corrected chi connectivity index (χ4v) is 4.39. The Morgan fingerprint density at radius 2 is 1.89 bits per heavy atom. The Bertz CT molecular complexity index is 444. The van der Waals surface area contributed by atoms with Gasteiger partial charge in [-0.3, -0.25) is 0 Å². The van der Waals surface area contributed by atoms with Crippen LogP contribution in [0.4, 0.5) is 5.69 Å². The molecule has 2 N–H and O–H groups in total. The SMILES string of the molecule is NCc1cc(Br)cc(N2CCC[C@H]3CCCC[C@H]32)c1. The van der Waals surface area contributed by atoms with Gasteiger partial charge in [-0.2, -0.15) is 0 Å². The van der Waals surface area contributed by atoms with Crippen LogP contribution >= 0.6 is 15.9 Å². The molecule has 2 nitrogen and oxygen atoms in total. The molecule has 1 aliphatic heterocycles. The first-order valence-electron chi connectivity index (χ1n) is 7.54. The van der Waals surface area contributed by atoms with Crippen LogP contribution in [0.1, 0.15) is 44.1 Å². The predicted molar refractivity (Wildman–Crippen MR) is 84.4 cm³/mol. The monoisotopic (exact) mass is 322 g/mol. The largest absolute Gasteiger partial charge is 0.368 e. The van der Waals surface area contributed by atoms with Gasteiger partial charge in [0.15, 0.2) is 0 Å². The van der Waals surface area contributed by atoms with E-state index >= 15 is 0 Å². The number of rotatable bonds is 2. The maximum atomic E-state index is 5.81. The van der Waals surface area contributed by atoms with E-state index in [0.29, 0.717) is 6.54 Å². The molecular formula is C16H23BrN2. The molecule has 3 rings (SSSR count). The maximum Gasteiger partial charge on any atom is 0.0383 e. The number of anilines is 1. The zero-order chi connectivity index (χ0) is 13.2. The van der Waals surface area contributed by atoms with Gasteiger partial charge in [0.05, 0.1) is 0 Å².